The Kier molecular flexibility index (Phi) is 4.18. The molecule has 21 heavy (non-hydrogen) atoms. The molecule has 110 valence electrons. The van der Waals surface area contributed by atoms with Gasteiger partial charge in [0.2, 0.25) is 11.8 Å². The highest BCUT2D eigenvalue weighted by atomic mass is 35.5. The van der Waals surface area contributed by atoms with Gasteiger partial charge in [0.1, 0.15) is 11.1 Å². The number of nitro groups is 1. The quantitative estimate of drug-likeness (QED) is 0.486. The van der Waals surface area contributed by atoms with Crippen molar-refractivity contribution in [2.24, 2.45) is 0 Å². The standard InChI is InChI=1S/C12H10ClN3O5/c13-7-5-6(1-3-9(7)16(20)21)11(18)14-8-2-4-10(17)15-12(8)19/h1,3,5,8H,2,4H2,(H,14,18)(H,15,17,19). The van der Waals surface area contributed by atoms with Crippen molar-refractivity contribution in [2.75, 3.05) is 0 Å². The van der Waals surface area contributed by atoms with Gasteiger partial charge in [0.15, 0.2) is 0 Å². The summed E-state index contributed by atoms with van der Waals surface area (Å²) in [6, 6.07) is 2.69. The summed E-state index contributed by atoms with van der Waals surface area (Å²) in [7, 11) is 0. The molecule has 0 aromatic heterocycles. The third-order valence-corrected chi connectivity index (χ3v) is 3.25. The van der Waals surface area contributed by atoms with E-state index in [1.165, 1.54) is 6.07 Å². The van der Waals surface area contributed by atoms with Crippen LogP contribution in [0, 0.1) is 10.1 Å². The lowest BCUT2D eigenvalue weighted by molar-refractivity contribution is -0.384. The normalized spacial score (nSPS) is 18.0. The maximum atomic E-state index is 12.0. The van der Waals surface area contributed by atoms with E-state index in [9.17, 15) is 24.5 Å². The van der Waals surface area contributed by atoms with E-state index in [0.717, 1.165) is 12.1 Å². The Morgan fingerprint density at radius 3 is 2.71 bits per heavy atom. The smallest absolute Gasteiger partial charge is 0.287 e. The number of hydrogen-bond acceptors (Lipinski definition) is 5. The molecular weight excluding hydrogens is 302 g/mol. The molecule has 1 aliphatic rings. The van der Waals surface area contributed by atoms with Crippen molar-refractivity contribution in [3.63, 3.8) is 0 Å². The minimum Gasteiger partial charge on any atom is -0.340 e. The molecule has 1 saturated heterocycles. The number of carbonyl (C=O) groups is 3. The summed E-state index contributed by atoms with van der Waals surface area (Å²) in [5, 5.41) is 15.0. The average molecular weight is 312 g/mol. The molecule has 1 aromatic carbocycles. The number of imide groups is 1. The first-order chi connectivity index (χ1) is 9.88. The SMILES string of the molecule is O=C1CCC(NC(=O)c2ccc([N+](=O)[O-])c(Cl)c2)C(=O)N1. The molecule has 0 saturated carbocycles. The van der Waals surface area contributed by atoms with Gasteiger partial charge in [-0.05, 0) is 18.6 Å². The largest absolute Gasteiger partial charge is 0.340 e. The Morgan fingerprint density at radius 1 is 1.43 bits per heavy atom. The van der Waals surface area contributed by atoms with Crippen LogP contribution in [0.4, 0.5) is 5.69 Å². The number of nitro benzene ring substituents is 1. The Balaban J connectivity index is 2.10. The number of piperidine rings is 1. The molecule has 3 amide bonds. The van der Waals surface area contributed by atoms with E-state index >= 15 is 0 Å². The Bertz CT molecular complexity index is 646. The van der Waals surface area contributed by atoms with Gasteiger partial charge in [0.25, 0.3) is 11.6 Å². The molecule has 1 heterocycles. The van der Waals surface area contributed by atoms with Crippen molar-refractivity contribution < 1.29 is 19.3 Å². The highest BCUT2D eigenvalue weighted by Crippen LogP contribution is 2.25. The van der Waals surface area contributed by atoms with Crippen molar-refractivity contribution in [1.82, 2.24) is 10.6 Å². The van der Waals surface area contributed by atoms with Gasteiger partial charge in [-0.3, -0.25) is 29.8 Å². The van der Waals surface area contributed by atoms with E-state index in [4.69, 9.17) is 11.6 Å². The first-order valence-electron chi connectivity index (χ1n) is 5.97. The molecule has 1 aliphatic heterocycles. The zero-order valence-corrected chi connectivity index (χ0v) is 11.3. The van der Waals surface area contributed by atoms with E-state index in [1.807, 2.05) is 0 Å². The number of amides is 3. The van der Waals surface area contributed by atoms with E-state index in [2.05, 4.69) is 10.6 Å². The summed E-state index contributed by atoms with van der Waals surface area (Å²) in [5.41, 5.74) is -0.218. The highest BCUT2D eigenvalue weighted by molar-refractivity contribution is 6.33. The van der Waals surface area contributed by atoms with Crippen LogP contribution in [0.25, 0.3) is 0 Å². The van der Waals surface area contributed by atoms with Crippen LogP contribution in [0.3, 0.4) is 0 Å². The van der Waals surface area contributed by atoms with Gasteiger partial charge in [-0.25, -0.2) is 0 Å². The number of halogens is 1. The lowest BCUT2D eigenvalue weighted by Crippen LogP contribution is -2.52. The van der Waals surface area contributed by atoms with Crippen molar-refractivity contribution in [2.45, 2.75) is 18.9 Å². The maximum Gasteiger partial charge on any atom is 0.287 e. The van der Waals surface area contributed by atoms with Crippen LogP contribution in [0.5, 0.6) is 0 Å². The van der Waals surface area contributed by atoms with Crippen molar-refractivity contribution >= 4 is 35.0 Å². The van der Waals surface area contributed by atoms with Gasteiger partial charge >= 0.3 is 0 Å². The summed E-state index contributed by atoms with van der Waals surface area (Å²) in [6.45, 7) is 0. The van der Waals surface area contributed by atoms with E-state index in [-0.39, 0.29) is 35.0 Å². The number of carbonyl (C=O) groups excluding carboxylic acids is 3. The zero-order valence-electron chi connectivity index (χ0n) is 10.6. The monoisotopic (exact) mass is 311 g/mol. The van der Waals surface area contributed by atoms with Crippen molar-refractivity contribution in [3.05, 3.63) is 38.9 Å². The fourth-order valence-electron chi connectivity index (χ4n) is 1.87. The van der Waals surface area contributed by atoms with Gasteiger partial charge in [0.05, 0.1) is 4.92 Å². The topological polar surface area (TPSA) is 118 Å². The highest BCUT2D eigenvalue weighted by Gasteiger charge is 2.28. The molecule has 0 radical (unpaired) electrons. The van der Waals surface area contributed by atoms with Gasteiger partial charge in [0, 0.05) is 18.1 Å². The lowest BCUT2D eigenvalue weighted by Gasteiger charge is -2.21. The summed E-state index contributed by atoms with van der Waals surface area (Å²) < 4.78 is 0. The molecule has 2 rings (SSSR count). The Hall–Kier alpha value is -2.48. The fourth-order valence-corrected chi connectivity index (χ4v) is 2.12. The van der Waals surface area contributed by atoms with Crippen molar-refractivity contribution in [3.8, 4) is 0 Å². The summed E-state index contributed by atoms with van der Waals surface area (Å²) in [6.07, 6.45) is 0.342. The lowest BCUT2D eigenvalue weighted by atomic mass is 10.1. The molecule has 9 heteroatoms. The molecule has 1 aromatic rings. The van der Waals surface area contributed by atoms with Crippen LogP contribution in [-0.4, -0.2) is 28.7 Å². The Morgan fingerprint density at radius 2 is 2.14 bits per heavy atom. The summed E-state index contributed by atoms with van der Waals surface area (Å²) in [5.74, 6) is -1.56. The molecule has 0 aliphatic carbocycles. The number of nitrogens with zero attached hydrogens (tertiary/aromatic N) is 1. The number of nitrogens with one attached hydrogen (secondary N) is 2. The van der Waals surface area contributed by atoms with Crippen LogP contribution in [0.2, 0.25) is 5.02 Å². The van der Waals surface area contributed by atoms with Crippen LogP contribution in [0.15, 0.2) is 18.2 Å². The van der Waals surface area contributed by atoms with Crippen molar-refractivity contribution in [1.29, 1.82) is 0 Å². The summed E-state index contributed by atoms with van der Waals surface area (Å²) >= 11 is 5.71. The minimum atomic E-state index is -0.816. The Labute approximate surface area is 123 Å². The predicted octanol–water partition coefficient (Wildman–Crippen LogP) is 0.783. The second-order valence-electron chi connectivity index (χ2n) is 4.40. The second kappa shape index (κ2) is 5.88. The van der Waals surface area contributed by atoms with Gasteiger partial charge in [-0.1, -0.05) is 11.6 Å². The molecular formula is C12H10ClN3O5. The van der Waals surface area contributed by atoms with Gasteiger partial charge in [-0.15, -0.1) is 0 Å². The number of benzene rings is 1. The van der Waals surface area contributed by atoms with Crippen LogP contribution >= 0.6 is 11.6 Å². The second-order valence-corrected chi connectivity index (χ2v) is 4.81. The van der Waals surface area contributed by atoms with Crippen LogP contribution in [0.1, 0.15) is 23.2 Å². The van der Waals surface area contributed by atoms with Crippen LogP contribution < -0.4 is 10.6 Å². The molecule has 8 nitrogen and oxygen atoms in total. The zero-order chi connectivity index (χ0) is 15.6. The predicted molar refractivity (Wildman–Crippen MR) is 71.7 cm³/mol. The third kappa shape index (κ3) is 3.34. The minimum absolute atomic E-state index is 0.0929. The van der Waals surface area contributed by atoms with Gasteiger partial charge < -0.3 is 5.32 Å². The first kappa shape index (κ1) is 14.9. The average Bonchev–Trinajstić information content (AvgIpc) is 2.41. The van der Waals surface area contributed by atoms with E-state index in [0.29, 0.717) is 0 Å². The summed E-state index contributed by atoms with van der Waals surface area (Å²) in [4.78, 5) is 44.5. The third-order valence-electron chi connectivity index (χ3n) is 2.95. The van der Waals surface area contributed by atoms with E-state index < -0.39 is 22.8 Å². The first-order valence-corrected chi connectivity index (χ1v) is 6.35. The molecule has 0 bridgehead atoms. The molecule has 1 atom stereocenters. The fraction of sp³-hybridized carbons (Fsp3) is 0.250. The van der Waals surface area contributed by atoms with Crippen LogP contribution in [-0.2, 0) is 9.59 Å². The van der Waals surface area contributed by atoms with E-state index in [1.54, 1.807) is 0 Å². The number of hydrogen-bond donors (Lipinski definition) is 2. The van der Waals surface area contributed by atoms with Gasteiger partial charge in [-0.2, -0.15) is 0 Å². The maximum absolute atomic E-state index is 12.0. The molecule has 2 N–H and O–H groups in total. The molecule has 1 fully saturated rings. The molecule has 0 spiro atoms. The number of rotatable bonds is 3. The molecule has 1 unspecified atom stereocenters.